The van der Waals surface area contributed by atoms with Crippen LogP contribution in [0.4, 0.5) is 0 Å². The molecule has 3 aromatic rings. The molecule has 0 spiro atoms. The van der Waals surface area contributed by atoms with Gasteiger partial charge in [-0.3, -0.25) is 9.59 Å². The van der Waals surface area contributed by atoms with Crippen molar-refractivity contribution in [3.8, 4) is 17.2 Å². The minimum atomic E-state index is -0.221. The molecule has 1 heterocycles. The van der Waals surface area contributed by atoms with Crippen LogP contribution in [0.1, 0.15) is 65.6 Å². The van der Waals surface area contributed by atoms with Crippen LogP contribution in [0.3, 0.4) is 0 Å². The maximum Gasteiger partial charge on any atom is 0.305 e. The molecular weight excluding hydrogens is 492 g/mol. The second kappa shape index (κ2) is 15.0. The first-order valence-corrected chi connectivity index (χ1v) is 13.9. The van der Waals surface area contributed by atoms with Crippen LogP contribution in [0.15, 0.2) is 66.7 Å². The molecule has 4 rings (SSSR count). The summed E-state index contributed by atoms with van der Waals surface area (Å²) in [6.07, 6.45) is 6.83. The van der Waals surface area contributed by atoms with Gasteiger partial charge in [0.15, 0.2) is 5.78 Å². The van der Waals surface area contributed by atoms with Crippen LogP contribution in [0.2, 0.25) is 0 Å². The standard InChI is InChI=1S/C33H38O6/c1-36-32(35)20-17-26-14-6-7-16-30(26)37-22-8-3-9-23-38-31-19-18-27-29(34)21-24-39-33(27)28(31)15-10-13-25-11-4-2-5-12-25/h2,4-7,11-12,14,16,18-19H,3,8-10,13,15,17,20-24H2,1H3. The second-order valence-corrected chi connectivity index (χ2v) is 9.72. The first-order valence-electron chi connectivity index (χ1n) is 13.9. The Balaban J connectivity index is 1.25. The number of ketones is 1. The Morgan fingerprint density at radius 2 is 1.54 bits per heavy atom. The molecule has 0 saturated heterocycles. The summed E-state index contributed by atoms with van der Waals surface area (Å²) < 4.78 is 22.9. The van der Waals surface area contributed by atoms with E-state index in [1.165, 1.54) is 12.7 Å². The third-order valence-electron chi connectivity index (χ3n) is 6.93. The molecule has 0 atom stereocenters. The van der Waals surface area contributed by atoms with Gasteiger partial charge >= 0.3 is 5.97 Å². The van der Waals surface area contributed by atoms with Gasteiger partial charge in [-0.05, 0) is 74.3 Å². The summed E-state index contributed by atoms with van der Waals surface area (Å²) in [5.41, 5.74) is 3.99. The number of ether oxygens (including phenoxy) is 4. The molecule has 1 aliphatic heterocycles. The quantitative estimate of drug-likeness (QED) is 0.164. The highest BCUT2D eigenvalue weighted by Crippen LogP contribution is 2.37. The minimum Gasteiger partial charge on any atom is -0.493 e. The predicted octanol–water partition coefficient (Wildman–Crippen LogP) is 6.56. The molecule has 0 fully saturated rings. The third-order valence-corrected chi connectivity index (χ3v) is 6.93. The zero-order chi connectivity index (χ0) is 27.3. The van der Waals surface area contributed by atoms with Crippen LogP contribution in [0.5, 0.6) is 17.2 Å². The summed E-state index contributed by atoms with van der Waals surface area (Å²) in [7, 11) is 1.40. The lowest BCUT2D eigenvalue weighted by molar-refractivity contribution is -0.140. The molecule has 39 heavy (non-hydrogen) atoms. The number of esters is 1. The van der Waals surface area contributed by atoms with Crippen LogP contribution in [0.25, 0.3) is 0 Å². The highest BCUT2D eigenvalue weighted by Gasteiger charge is 2.24. The van der Waals surface area contributed by atoms with Crippen molar-refractivity contribution in [3.05, 3.63) is 89.0 Å². The van der Waals surface area contributed by atoms with Gasteiger partial charge in [-0.15, -0.1) is 0 Å². The number of hydrogen-bond acceptors (Lipinski definition) is 6. The third kappa shape index (κ3) is 8.34. The molecule has 0 unspecified atom stereocenters. The van der Waals surface area contributed by atoms with Crippen LogP contribution >= 0.6 is 0 Å². The first kappa shape index (κ1) is 28.2. The van der Waals surface area contributed by atoms with Crippen molar-refractivity contribution in [1.82, 2.24) is 0 Å². The largest absolute Gasteiger partial charge is 0.493 e. The maximum absolute atomic E-state index is 12.5. The van der Waals surface area contributed by atoms with Gasteiger partial charge in [0.05, 0.1) is 32.5 Å². The number of unbranched alkanes of at least 4 members (excludes halogenated alkanes) is 2. The molecule has 0 aromatic heterocycles. The highest BCUT2D eigenvalue weighted by molar-refractivity contribution is 6.00. The van der Waals surface area contributed by atoms with Gasteiger partial charge in [0, 0.05) is 18.4 Å². The molecule has 6 nitrogen and oxygen atoms in total. The number of benzene rings is 3. The number of hydrogen-bond donors (Lipinski definition) is 0. The number of rotatable bonds is 15. The number of aryl methyl sites for hydroxylation is 2. The molecule has 0 bridgehead atoms. The smallest absolute Gasteiger partial charge is 0.305 e. The van der Waals surface area contributed by atoms with Crippen molar-refractivity contribution in [2.45, 2.75) is 57.8 Å². The summed E-state index contributed by atoms with van der Waals surface area (Å²) in [5.74, 6) is 2.25. The molecule has 206 valence electrons. The Kier molecular flexibility index (Phi) is 10.8. The monoisotopic (exact) mass is 530 g/mol. The zero-order valence-corrected chi connectivity index (χ0v) is 22.8. The highest BCUT2D eigenvalue weighted by atomic mass is 16.5. The lowest BCUT2D eigenvalue weighted by Gasteiger charge is -2.22. The number of carbonyl (C=O) groups excluding carboxylic acids is 2. The molecule has 1 aliphatic rings. The Hall–Kier alpha value is -3.80. The van der Waals surface area contributed by atoms with Gasteiger partial charge in [-0.2, -0.15) is 0 Å². The van der Waals surface area contributed by atoms with E-state index in [0.29, 0.717) is 50.4 Å². The van der Waals surface area contributed by atoms with Crippen LogP contribution in [-0.4, -0.2) is 38.7 Å². The molecule has 3 aromatic carbocycles. The van der Waals surface area contributed by atoms with Crippen LogP contribution < -0.4 is 14.2 Å². The summed E-state index contributed by atoms with van der Waals surface area (Å²) in [6, 6.07) is 22.0. The predicted molar refractivity (Wildman–Crippen MR) is 151 cm³/mol. The molecule has 0 aliphatic carbocycles. The van der Waals surface area contributed by atoms with Gasteiger partial charge in [0.25, 0.3) is 0 Å². The van der Waals surface area contributed by atoms with Crippen molar-refractivity contribution in [2.24, 2.45) is 0 Å². The molecule has 0 amide bonds. The summed E-state index contributed by atoms with van der Waals surface area (Å²) in [4.78, 5) is 23.9. The summed E-state index contributed by atoms with van der Waals surface area (Å²) in [6.45, 7) is 1.62. The van der Waals surface area contributed by atoms with Crippen LogP contribution in [0, 0.1) is 0 Å². The molecule has 0 radical (unpaired) electrons. The van der Waals surface area contributed by atoms with E-state index in [0.717, 1.165) is 61.2 Å². The van der Waals surface area contributed by atoms with E-state index in [9.17, 15) is 9.59 Å². The van der Waals surface area contributed by atoms with E-state index in [-0.39, 0.29) is 11.8 Å². The van der Waals surface area contributed by atoms with Gasteiger partial charge in [-0.25, -0.2) is 0 Å². The lowest BCUT2D eigenvalue weighted by Crippen LogP contribution is -2.17. The molecule has 0 N–H and O–H groups in total. The van der Waals surface area contributed by atoms with Gasteiger partial charge in [-0.1, -0.05) is 48.5 Å². The Labute approximate surface area is 231 Å². The topological polar surface area (TPSA) is 71.1 Å². The normalized spacial score (nSPS) is 12.4. The average molecular weight is 531 g/mol. The van der Waals surface area contributed by atoms with Gasteiger partial charge < -0.3 is 18.9 Å². The molecule has 6 heteroatoms. The summed E-state index contributed by atoms with van der Waals surface area (Å²) in [5, 5.41) is 0. The number of methoxy groups -OCH3 is 1. The van der Waals surface area contributed by atoms with Crippen molar-refractivity contribution in [1.29, 1.82) is 0 Å². The average Bonchev–Trinajstić information content (AvgIpc) is 2.97. The van der Waals surface area contributed by atoms with Crippen molar-refractivity contribution >= 4 is 11.8 Å². The van der Waals surface area contributed by atoms with E-state index in [4.69, 9.17) is 18.9 Å². The fourth-order valence-electron chi connectivity index (χ4n) is 4.80. The van der Waals surface area contributed by atoms with E-state index >= 15 is 0 Å². The second-order valence-electron chi connectivity index (χ2n) is 9.72. The SMILES string of the molecule is COC(=O)CCc1ccccc1OCCCCCOc1ccc2c(c1CCCc1ccccc1)OCCC2=O. The minimum absolute atomic E-state index is 0.138. The molecular formula is C33H38O6. The number of fused-ring (bicyclic) bond motifs is 1. The fourth-order valence-corrected chi connectivity index (χ4v) is 4.80. The maximum atomic E-state index is 12.5. The van der Waals surface area contributed by atoms with Gasteiger partial charge in [0.1, 0.15) is 17.2 Å². The molecule has 0 saturated carbocycles. The van der Waals surface area contributed by atoms with Gasteiger partial charge in [0.2, 0.25) is 0 Å². The zero-order valence-electron chi connectivity index (χ0n) is 22.8. The number of carbonyl (C=O) groups is 2. The van der Waals surface area contributed by atoms with Crippen molar-refractivity contribution in [3.63, 3.8) is 0 Å². The Bertz CT molecular complexity index is 1220. The Morgan fingerprint density at radius 3 is 2.33 bits per heavy atom. The Morgan fingerprint density at radius 1 is 0.795 bits per heavy atom. The lowest BCUT2D eigenvalue weighted by atomic mass is 9.96. The number of Topliss-reactive ketones (excluding diaryl/α,β-unsaturated/α-hetero) is 1. The van der Waals surface area contributed by atoms with Crippen molar-refractivity contribution in [2.75, 3.05) is 26.9 Å². The van der Waals surface area contributed by atoms with Crippen LogP contribution in [-0.2, 0) is 28.8 Å². The van der Waals surface area contributed by atoms with E-state index in [2.05, 4.69) is 24.3 Å². The van der Waals surface area contributed by atoms with E-state index in [1.54, 1.807) is 0 Å². The van der Waals surface area contributed by atoms with Crippen molar-refractivity contribution < 1.29 is 28.5 Å². The summed E-state index contributed by atoms with van der Waals surface area (Å²) >= 11 is 0. The number of para-hydroxylation sites is 1. The van der Waals surface area contributed by atoms with E-state index < -0.39 is 0 Å². The fraction of sp³-hybridized carbons (Fsp3) is 0.394. The first-order chi connectivity index (χ1) is 19.2. The van der Waals surface area contributed by atoms with E-state index in [1.807, 2.05) is 42.5 Å².